The van der Waals surface area contributed by atoms with Gasteiger partial charge in [-0.05, 0) is 71.7 Å². The summed E-state index contributed by atoms with van der Waals surface area (Å²) in [6.07, 6.45) is 1.20. The second-order valence-corrected chi connectivity index (χ2v) is 8.17. The van der Waals surface area contributed by atoms with Gasteiger partial charge in [0.1, 0.15) is 0 Å². The van der Waals surface area contributed by atoms with Crippen molar-refractivity contribution in [2.75, 3.05) is 0 Å². The first kappa shape index (κ1) is 22.0. The van der Waals surface area contributed by atoms with Gasteiger partial charge in [0.25, 0.3) is 5.91 Å². The maximum atomic E-state index is 13.1. The molecule has 0 saturated heterocycles. The van der Waals surface area contributed by atoms with Gasteiger partial charge in [-0.1, -0.05) is 30.3 Å². The van der Waals surface area contributed by atoms with Crippen molar-refractivity contribution in [1.29, 1.82) is 0 Å². The highest BCUT2D eigenvalue weighted by atomic mass is 19.4. The summed E-state index contributed by atoms with van der Waals surface area (Å²) in [5.74, 6) is 0.300. The number of alkyl halides is 3. The van der Waals surface area contributed by atoms with Gasteiger partial charge >= 0.3 is 6.18 Å². The first-order chi connectivity index (χ1) is 15.3. The van der Waals surface area contributed by atoms with Crippen LogP contribution in [-0.4, -0.2) is 10.9 Å². The molecule has 4 rings (SSSR count). The molecule has 7 heteroatoms. The first-order valence-electron chi connectivity index (χ1n) is 10.5. The van der Waals surface area contributed by atoms with Crippen LogP contribution in [0.25, 0.3) is 11.1 Å². The number of halogens is 3. The third-order valence-corrected chi connectivity index (χ3v) is 5.80. The molecule has 3 aromatic rings. The summed E-state index contributed by atoms with van der Waals surface area (Å²) in [7, 11) is 0. The molecule has 4 nitrogen and oxygen atoms in total. The second-order valence-electron chi connectivity index (χ2n) is 8.17. The normalized spacial score (nSPS) is 14.8. The lowest BCUT2D eigenvalue weighted by Crippen LogP contribution is -2.26. The number of nitrogens with one attached hydrogen (secondary N) is 1. The highest BCUT2D eigenvalue weighted by Crippen LogP contribution is 2.40. The standard InChI is InChI=1S/C25H24F3N3O/c1-15(31-24(32)21-10-20(13-30-14-21)17-4-5-17)16-2-6-18(7-3-16)23-11-22(25(26,27)28)9-8-19(23)12-29/h2-3,6-11,13-15,17H,4-5,12,29H2,1H3,(H,31,32)/t15-/m1/s1. The Labute approximate surface area is 184 Å². The van der Waals surface area contributed by atoms with Crippen LogP contribution >= 0.6 is 0 Å². The Balaban J connectivity index is 1.51. The van der Waals surface area contributed by atoms with E-state index < -0.39 is 11.7 Å². The molecule has 1 fully saturated rings. The maximum Gasteiger partial charge on any atom is 0.416 e. The van der Waals surface area contributed by atoms with E-state index in [1.807, 2.05) is 13.0 Å². The smallest absolute Gasteiger partial charge is 0.345 e. The number of carbonyl (C=O) groups is 1. The number of nitrogens with two attached hydrogens (primary N) is 1. The summed E-state index contributed by atoms with van der Waals surface area (Å²) in [4.78, 5) is 16.8. The summed E-state index contributed by atoms with van der Waals surface area (Å²) in [6.45, 7) is 2.00. The monoisotopic (exact) mass is 439 g/mol. The van der Waals surface area contributed by atoms with E-state index in [1.54, 1.807) is 36.7 Å². The molecule has 0 unspecified atom stereocenters. The fourth-order valence-corrected chi connectivity index (χ4v) is 3.74. The molecule has 0 bridgehead atoms. The molecule has 3 N–H and O–H groups in total. The predicted molar refractivity (Wildman–Crippen MR) is 117 cm³/mol. The first-order valence-corrected chi connectivity index (χ1v) is 10.5. The van der Waals surface area contributed by atoms with Gasteiger partial charge in [-0.2, -0.15) is 13.2 Å². The van der Waals surface area contributed by atoms with E-state index in [2.05, 4.69) is 10.3 Å². The topological polar surface area (TPSA) is 68.0 Å². The summed E-state index contributed by atoms with van der Waals surface area (Å²) >= 11 is 0. The lowest BCUT2D eigenvalue weighted by molar-refractivity contribution is -0.137. The van der Waals surface area contributed by atoms with Gasteiger partial charge in [-0.3, -0.25) is 9.78 Å². The van der Waals surface area contributed by atoms with Crippen LogP contribution in [0.15, 0.2) is 60.9 Å². The average Bonchev–Trinajstić information content (AvgIpc) is 3.64. The minimum absolute atomic E-state index is 0.135. The Kier molecular flexibility index (Phi) is 6.02. The van der Waals surface area contributed by atoms with E-state index in [0.717, 1.165) is 36.1 Å². The van der Waals surface area contributed by atoms with Crippen LogP contribution in [0, 0.1) is 0 Å². The predicted octanol–water partition coefficient (Wildman–Crippen LogP) is 5.59. The Hall–Kier alpha value is -3.19. The molecule has 1 aliphatic carbocycles. The van der Waals surface area contributed by atoms with Crippen LogP contribution in [0.4, 0.5) is 13.2 Å². The van der Waals surface area contributed by atoms with Crippen molar-refractivity contribution in [3.8, 4) is 11.1 Å². The molecule has 1 aromatic heterocycles. The SMILES string of the molecule is C[C@@H](NC(=O)c1cncc(C2CC2)c1)c1ccc(-c2cc(C(F)(F)F)ccc2CN)cc1. The number of benzene rings is 2. The van der Waals surface area contributed by atoms with Gasteiger partial charge in [0.15, 0.2) is 0 Å². The molecule has 0 spiro atoms. The molecular formula is C25H24F3N3O. The van der Waals surface area contributed by atoms with E-state index in [-0.39, 0.29) is 18.5 Å². The van der Waals surface area contributed by atoms with Crippen molar-refractivity contribution in [1.82, 2.24) is 10.3 Å². The highest BCUT2D eigenvalue weighted by Gasteiger charge is 2.31. The molecule has 1 amide bonds. The molecule has 1 aliphatic rings. The molecule has 1 heterocycles. The van der Waals surface area contributed by atoms with Crippen LogP contribution in [0.3, 0.4) is 0 Å². The van der Waals surface area contributed by atoms with E-state index in [9.17, 15) is 18.0 Å². The molecule has 0 aliphatic heterocycles. The molecule has 1 saturated carbocycles. The molecule has 32 heavy (non-hydrogen) atoms. The van der Waals surface area contributed by atoms with Crippen LogP contribution in [0.2, 0.25) is 0 Å². The van der Waals surface area contributed by atoms with Gasteiger partial charge < -0.3 is 11.1 Å². The third kappa shape index (κ3) is 4.83. The van der Waals surface area contributed by atoms with Crippen molar-refractivity contribution < 1.29 is 18.0 Å². The Morgan fingerprint density at radius 2 is 1.84 bits per heavy atom. The van der Waals surface area contributed by atoms with E-state index in [4.69, 9.17) is 5.73 Å². The van der Waals surface area contributed by atoms with Crippen LogP contribution in [-0.2, 0) is 12.7 Å². The third-order valence-electron chi connectivity index (χ3n) is 5.80. The quantitative estimate of drug-likeness (QED) is 0.526. The second kappa shape index (κ2) is 8.74. The van der Waals surface area contributed by atoms with Crippen LogP contribution < -0.4 is 11.1 Å². The van der Waals surface area contributed by atoms with Crippen LogP contribution in [0.5, 0.6) is 0 Å². The average molecular weight is 439 g/mol. The Morgan fingerprint density at radius 1 is 1.12 bits per heavy atom. The Morgan fingerprint density at radius 3 is 2.47 bits per heavy atom. The largest absolute Gasteiger partial charge is 0.416 e. The van der Waals surface area contributed by atoms with Crippen molar-refractivity contribution in [2.45, 2.75) is 44.4 Å². The summed E-state index contributed by atoms with van der Waals surface area (Å²) in [5.41, 5.74) is 9.20. The van der Waals surface area contributed by atoms with E-state index in [0.29, 0.717) is 28.2 Å². The number of hydrogen-bond donors (Lipinski definition) is 2. The molecule has 1 atom stereocenters. The van der Waals surface area contributed by atoms with Gasteiger partial charge in [-0.25, -0.2) is 0 Å². The van der Waals surface area contributed by atoms with E-state index >= 15 is 0 Å². The summed E-state index contributed by atoms with van der Waals surface area (Å²) in [6, 6.07) is 12.3. The van der Waals surface area contributed by atoms with Crippen LogP contribution in [0.1, 0.15) is 64.3 Å². The molecular weight excluding hydrogens is 415 g/mol. The van der Waals surface area contributed by atoms with Gasteiger partial charge in [0.2, 0.25) is 0 Å². The fraction of sp³-hybridized carbons (Fsp3) is 0.280. The number of pyridine rings is 1. The number of nitrogens with zero attached hydrogens (tertiary/aromatic N) is 1. The summed E-state index contributed by atoms with van der Waals surface area (Å²) in [5, 5.41) is 2.96. The number of carbonyl (C=O) groups excluding carboxylic acids is 1. The minimum Gasteiger partial charge on any atom is -0.345 e. The van der Waals surface area contributed by atoms with Gasteiger partial charge in [0, 0.05) is 18.9 Å². The lowest BCUT2D eigenvalue weighted by Gasteiger charge is -2.16. The minimum atomic E-state index is -4.42. The van der Waals surface area contributed by atoms with Crippen molar-refractivity contribution in [2.24, 2.45) is 5.73 Å². The number of rotatable bonds is 6. The van der Waals surface area contributed by atoms with Crippen molar-refractivity contribution >= 4 is 5.91 Å². The maximum absolute atomic E-state index is 13.1. The number of hydrogen-bond acceptors (Lipinski definition) is 3. The van der Waals surface area contributed by atoms with Gasteiger partial charge in [-0.15, -0.1) is 0 Å². The van der Waals surface area contributed by atoms with E-state index in [1.165, 1.54) is 6.07 Å². The summed E-state index contributed by atoms with van der Waals surface area (Å²) < 4.78 is 39.4. The highest BCUT2D eigenvalue weighted by molar-refractivity contribution is 5.94. The zero-order valence-corrected chi connectivity index (χ0v) is 17.6. The molecule has 2 aromatic carbocycles. The Bertz CT molecular complexity index is 1120. The molecule has 166 valence electrons. The zero-order chi connectivity index (χ0) is 22.9. The number of aromatic nitrogens is 1. The zero-order valence-electron chi connectivity index (χ0n) is 17.6. The van der Waals surface area contributed by atoms with Gasteiger partial charge in [0.05, 0.1) is 17.2 Å². The molecule has 0 radical (unpaired) electrons. The lowest BCUT2D eigenvalue weighted by atomic mass is 9.95. The van der Waals surface area contributed by atoms with Crippen molar-refractivity contribution in [3.63, 3.8) is 0 Å². The fourth-order valence-electron chi connectivity index (χ4n) is 3.74. The van der Waals surface area contributed by atoms with Crippen molar-refractivity contribution in [3.05, 3.63) is 88.7 Å². The number of amides is 1.